The van der Waals surface area contributed by atoms with Gasteiger partial charge in [-0.3, -0.25) is 25.2 Å². The average molecular weight is 405 g/mol. The molecule has 2 aromatic carbocycles. The summed E-state index contributed by atoms with van der Waals surface area (Å²) in [5.74, 6) is -0.826. The molecule has 9 heteroatoms. The zero-order valence-electron chi connectivity index (χ0n) is 15.9. The number of benzene rings is 2. The van der Waals surface area contributed by atoms with Gasteiger partial charge in [0.05, 0.1) is 17.7 Å². The third kappa shape index (κ3) is 5.23. The zero-order chi connectivity index (χ0) is 20.7. The lowest BCUT2D eigenvalue weighted by molar-refractivity contribution is -0.125. The first-order chi connectivity index (χ1) is 13.3. The second-order valence-corrected chi connectivity index (χ2v) is 7.77. The van der Waals surface area contributed by atoms with Crippen molar-refractivity contribution in [3.05, 3.63) is 54.1 Å². The minimum Gasteiger partial charge on any atom is -0.495 e. The summed E-state index contributed by atoms with van der Waals surface area (Å²) in [7, 11) is -2.51. The standard InChI is InChI=1S/C19H23N3O5S/c1-4-13(2)18(23)20-21-19(24)14-8-7-9-15(12-14)28(25,26)22-16-10-5-6-11-17(16)27-3/h5-13,22H,4H2,1-3H3,(H,20,23)(H,21,24). The van der Waals surface area contributed by atoms with E-state index in [1.54, 1.807) is 31.2 Å². The van der Waals surface area contributed by atoms with Gasteiger partial charge in [-0.2, -0.15) is 0 Å². The highest BCUT2D eigenvalue weighted by Crippen LogP contribution is 2.26. The lowest BCUT2D eigenvalue weighted by Crippen LogP contribution is -2.44. The minimum absolute atomic E-state index is 0.0901. The predicted octanol–water partition coefficient (Wildman–Crippen LogP) is 2.30. The number of nitrogens with one attached hydrogen (secondary N) is 3. The molecule has 0 heterocycles. The number of anilines is 1. The molecule has 1 unspecified atom stereocenters. The van der Waals surface area contributed by atoms with Gasteiger partial charge in [-0.05, 0) is 36.8 Å². The van der Waals surface area contributed by atoms with Gasteiger partial charge < -0.3 is 4.74 Å². The van der Waals surface area contributed by atoms with Crippen molar-refractivity contribution in [3.63, 3.8) is 0 Å². The van der Waals surface area contributed by atoms with Gasteiger partial charge in [-0.25, -0.2) is 8.42 Å². The van der Waals surface area contributed by atoms with Crippen LogP contribution in [0.5, 0.6) is 5.75 Å². The van der Waals surface area contributed by atoms with Crippen LogP contribution < -0.4 is 20.3 Å². The van der Waals surface area contributed by atoms with E-state index in [4.69, 9.17) is 4.74 Å². The van der Waals surface area contributed by atoms with Gasteiger partial charge in [0.15, 0.2) is 0 Å². The van der Waals surface area contributed by atoms with Crippen LogP contribution in [-0.2, 0) is 14.8 Å². The molecular formula is C19H23N3O5S. The highest BCUT2D eigenvalue weighted by molar-refractivity contribution is 7.92. The maximum Gasteiger partial charge on any atom is 0.269 e. The van der Waals surface area contributed by atoms with Gasteiger partial charge in [0, 0.05) is 11.5 Å². The molecule has 0 aromatic heterocycles. The van der Waals surface area contributed by atoms with Crippen LogP contribution in [0.1, 0.15) is 30.6 Å². The van der Waals surface area contributed by atoms with E-state index in [0.717, 1.165) is 0 Å². The van der Waals surface area contributed by atoms with Crippen LogP contribution in [0.15, 0.2) is 53.4 Å². The fraction of sp³-hybridized carbons (Fsp3) is 0.263. The molecule has 2 amide bonds. The van der Waals surface area contributed by atoms with Crippen LogP contribution in [0.3, 0.4) is 0 Å². The zero-order valence-corrected chi connectivity index (χ0v) is 16.7. The Labute approximate surface area is 164 Å². The number of hydrogen-bond acceptors (Lipinski definition) is 5. The molecule has 2 rings (SSSR count). The number of rotatable bonds is 7. The van der Waals surface area contributed by atoms with Gasteiger partial charge in [-0.1, -0.05) is 32.0 Å². The molecule has 0 aliphatic rings. The average Bonchev–Trinajstić information content (AvgIpc) is 2.71. The summed E-state index contributed by atoms with van der Waals surface area (Å²) < 4.78 is 32.9. The Morgan fingerprint density at radius 1 is 1.07 bits per heavy atom. The number of methoxy groups -OCH3 is 1. The van der Waals surface area contributed by atoms with E-state index >= 15 is 0 Å². The van der Waals surface area contributed by atoms with Crippen molar-refractivity contribution >= 4 is 27.5 Å². The van der Waals surface area contributed by atoms with Crippen molar-refractivity contribution < 1.29 is 22.7 Å². The van der Waals surface area contributed by atoms with Crippen LogP contribution in [0.4, 0.5) is 5.69 Å². The SMILES string of the molecule is CCC(C)C(=O)NNC(=O)c1cccc(S(=O)(=O)Nc2ccccc2OC)c1. The monoisotopic (exact) mass is 405 g/mol. The number of amides is 2. The smallest absolute Gasteiger partial charge is 0.269 e. The lowest BCUT2D eigenvalue weighted by Gasteiger charge is -2.13. The van der Waals surface area contributed by atoms with Crippen molar-refractivity contribution in [2.45, 2.75) is 25.2 Å². The van der Waals surface area contributed by atoms with Crippen molar-refractivity contribution in [2.75, 3.05) is 11.8 Å². The van der Waals surface area contributed by atoms with E-state index in [2.05, 4.69) is 15.6 Å². The second kappa shape index (κ2) is 9.23. The molecule has 0 saturated carbocycles. The molecule has 0 radical (unpaired) electrons. The predicted molar refractivity (Wildman–Crippen MR) is 105 cm³/mol. The number of para-hydroxylation sites is 2. The van der Waals surface area contributed by atoms with Gasteiger partial charge in [0.2, 0.25) is 5.91 Å². The van der Waals surface area contributed by atoms with Crippen LogP contribution in [0, 0.1) is 5.92 Å². The van der Waals surface area contributed by atoms with Crippen LogP contribution in [-0.4, -0.2) is 27.3 Å². The topological polar surface area (TPSA) is 114 Å². The van der Waals surface area contributed by atoms with Gasteiger partial charge in [0.1, 0.15) is 5.75 Å². The Morgan fingerprint density at radius 3 is 2.46 bits per heavy atom. The molecule has 0 bridgehead atoms. The number of ether oxygens (including phenoxy) is 1. The number of hydrogen-bond donors (Lipinski definition) is 3. The molecule has 150 valence electrons. The first-order valence-corrected chi connectivity index (χ1v) is 10.1. The van der Waals surface area contributed by atoms with E-state index in [1.807, 2.05) is 6.92 Å². The Hall–Kier alpha value is -3.07. The van der Waals surface area contributed by atoms with Crippen molar-refractivity contribution in [1.82, 2.24) is 10.9 Å². The molecule has 0 saturated heterocycles. The van der Waals surface area contributed by atoms with Gasteiger partial charge in [-0.15, -0.1) is 0 Å². The molecule has 0 fully saturated rings. The minimum atomic E-state index is -3.95. The van der Waals surface area contributed by atoms with E-state index in [-0.39, 0.29) is 28.0 Å². The summed E-state index contributed by atoms with van der Waals surface area (Å²) in [5.41, 5.74) is 4.98. The van der Waals surface area contributed by atoms with E-state index < -0.39 is 15.9 Å². The highest BCUT2D eigenvalue weighted by Gasteiger charge is 2.19. The Morgan fingerprint density at radius 2 is 1.79 bits per heavy atom. The lowest BCUT2D eigenvalue weighted by atomic mass is 10.1. The summed E-state index contributed by atoms with van der Waals surface area (Å²) in [6, 6.07) is 12.1. The molecule has 1 atom stereocenters. The number of hydrazine groups is 1. The molecule has 8 nitrogen and oxygen atoms in total. The largest absolute Gasteiger partial charge is 0.495 e. The first kappa shape index (κ1) is 21.2. The number of carbonyl (C=O) groups is 2. The molecular weight excluding hydrogens is 382 g/mol. The molecule has 0 spiro atoms. The fourth-order valence-corrected chi connectivity index (χ4v) is 3.35. The van der Waals surface area contributed by atoms with Crippen LogP contribution in [0.2, 0.25) is 0 Å². The third-order valence-electron chi connectivity index (χ3n) is 4.12. The summed E-state index contributed by atoms with van der Waals surface area (Å²) in [4.78, 5) is 23.9. The summed E-state index contributed by atoms with van der Waals surface area (Å²) in [5, 5.41) is 0. The Bertz CT molecular complexity index is 960. The third-order valence-corrected chi connectivity index (χ3v) is 5.48. The quantitative estimate of drug-likeness (QED) is 0.612. The van der Waals surface area contributed by atoms with Crippen molar-refractivity contribution in [1.29, 1.82) is 0 Å². The summed E-state index contributed by atoms with van der Waals surface area (Å²) >= 11 is 0. The second-order valence-electron chi connectivity index (χ2n) is 6.09. The normalized spacial score (nSPS) is 12.0. The maximum atomic E-state index is 12.7. The molecule has 2 aromatic rings. The Balaban J connectivity index is 2.17. The van der Waals surface area contributed by atoms with Crippen LogP contribution >= 0.6 is 0 Å². The maximum absolute atomic E-state index is 12.7. The van der Waals surface area contributed by atoms with E-state index in [1.165, 1.54) is 31.4 Å². The first-order valence-electron chi connectivity index (χ1n) is 8.64. The van der Waals surface area contributed by atoms with Gasteiger partial charge >= 0.3 is 0 Å². The number of carbonyl (C=O) groups excluding carboxylic acids is 2. The summed E-state index contributed by atoms with van der Waals surface area (Å²) in [6.07, 6.45) is 0.629. The molecule has 0 aliphatic carbocycles. The van der Waals surface area contributed by atoms with Crippen molar-refractivity contribution in [2.24, 2.45) is 5.92 Å². The highest BCUT2D eigenvalue weighted by atomic mass is 32.2. The Kier molecular flexibility index (Phi) is 7.00. The summed E-state index contributed by atoms with van der Waals surface area (Å²) in [6.45, 7) is 3.59. The fourth-order valence-electron chi connectivity index (χ4n) is 2.24. The molecule has 3 N–H and O–H groups in total. The van der Waals surface area contributed by atoms with Gasteiger partial charge in [0.25, 0.3) is 15.9 Å². The van der Waals surface area contributed by atoms with Crippen molar-refractivity contribution in [3.8, 4) is 5.75 Å². The van der Waals surface area contributed by atoms with E-state index in [0.29, 0.717) is 12.2 Å². The molecule has 28 heavy (non-hydrogen) atoms. The van der Waals surface area contributed by atoms with E-state index in [9.17, 15) is 18.0 Å². The number of sulfonamides is 1. The molecule has 0 aliphatic heterocycles. The van der Waals surface area contributed by atoms with Crippen LogP contribution in [0.25, 0.3) is 0 Å².